The summed E-state index contributed by atoms with van der Waals surface area (Å²) >= 11 is 0. The molecule has 0 radical (unpaired) electrons. The van der Waals surface area contributed by atoms with Gasteiger partial charge in [-0.1, -0.05) is 26.0 Å². The van der Waals surface area contributed by atoms with E-state index in [1.807, 2.05) is 13.0 Å². The first kappa shape index (κ1) is 18.9. The Labute approximate surface area is 147 Å². The van der Waals surface area contributed by atoms with Gasteiger partial charge in [-0.05, 0) is 36.8 Å². The van der Waals surface area contributed by atoms with Crippen molar-refractivity contribution in [2.45, 2.75) is 25.7 Å². The van der Waals surface area contributed by atoms with Gasteiger partial charge in [0.2, 0.25) is 15.8 Å². The Morgan fingerprint density at radius 1 is 1.12 bits per heavy atom. The molecule has 0 fully saturated rings. The summed E-state index contributed by atoms with van der Waals surface area (Å²) in [6.07, 6.45) is 0. The Bertz CT molecular complexity index is 876. The lowest BCUT2D eigenvalue weighted by Crippen LogP contribution is -2.30. The van der Waals surface area contributed by atoms with Crippen LogP contribution in [0.1, 0.15) is 19.4 Å². The summed E-state index contributed by atoms with van der Waals surface area (Å²) in [4.78, 5) is 10.6. The normalized spacial score (nSPS) is 11.5. The average molecular weight is 364 g/mol. The fourth-order valence-electron chi connectivity index (χ4n) is 2.41. The highest BCUT2D eigenvalue weighted by Crippen LogP contribution is 2.34. The lowest BCUT2D eigenvalue weighted by Gasteiger charge is -2.18. The molecule has 0 aromatic heterocycles. The maximum atomic E-state index is 12.5. The first-order chi connectivity index (χ1) is 11.8. The van der Waals surface area contributed by atoms with Gasteiger partial charge in [-0.2, -0.15) is 4.31 Å². The first-order valence-electron chi connectivity index (χ1n) is 7.82. The van der Waals surface area contributed by atoms with Crippen LogP contribution in [0.4, 0.5) is 5.69 Å². The molecule has 0 atom stereocenters. The second kappa shape index (κ2) is 7.62. The number of sulfonamides is 1. The number of hydrogen-bond donors (Lipinski definition) is 0. The monoisotopic (exact) mass is 364 g/mol. The summed E-state index contributed by atoms with van der Waals surface area (Å²) in [7, 11) is -3.78. The molecule has 0 bridgehead atoms. The zero-order chi connectivity index (χ0) is 18.6. The molecular weight excluding hydrogens is 344 g/mol. The smallest absolute Gasteiger partial charge is 0.312 e. The van der Waals surface area contributed by atoms with Gasteiger partial charge in [0.25, 0.3) is 0 Å². The largest absolute Gasteiger partial charge is 0.450 e. The van der Waals surface area contributed by atoms with Gasteiger partial charge < -0.3 is 4.74 Å². The second-order valence-electron chi connectivity index (χ2n) is 5.39. The molecule has 0 aliphatic heterocycles. The number of hydrogen-bond acceptors (Lipinski definition) is 5. The van der Waals surface area contributed by atoms with E-state index in [-0.39, 0.29) is 23.7 Å². The summed E-state index contributed by atoms with van der Waals surface area (Å²) in [6.45, 7) is 5.87. The van der Waals surface area contributed by atoms with Crippen molar-refractivity contribution < 1.29 is 18.1 Å². The molecule has 0 spiro atoms. The summed E-state index contributed by atoms with van der Waals surface area (Å²) in [5.41, 5.74) is 0.552. The molecule has 0 saturated carbocycles. The van der Waals surface area contributed by atoms with E-state index < -0.39 is 20.6 Å². The molecule has 0 aliphatic rings. The van der Waals surface area contributed by atoms with Crippen molar-refractivity contribution in [1.29, 1.82) is 0 Å². The maximum Gasteiger partial charge on any atom is 0.312 e. The predicted molar refractivity (Wildman–Crippen MR) is 94.5 cm³/mol. The van der Waals surface area contributed by atoms with Crippen LogP contribution in [0.3, 0.4) is 0 Å². The highest BCUT2D eigenvalue weighted by molar-refractivity contribution is 7.89. The van der Waals surface area contributed by atoms with Crippen molar-refractivity contribution >= 4 is 15.7 Å². The quantitative estimate of drug-likeness (QED) is 0.552. The van der Waals surface area contributed by atoms with Gasteiger partial charge in [-0.15, -0.1) is 0 Å². The van der Waals surface area contributed by atoms with Crippen molar-refractivity contribution in [3.8, 4) is 11.5 Å². The standard InChI is InChI=1S/C17H20N2O5S/c1-4-18(5-2)25(22,23)15-9-10-17(16(12-15)19(20)21)24-14-8-6-7-13(3)11-14/h6-12H,4-5H2,1-3H3. The Hall–Kier alpha value is -2.45. The molecule has 2 rings (SSSR count). The second-order valence-corrected chi connectivity index (χ2v) is 7.33. The Kier molecular flexibility index (Phi) is 5.76. The molecule has 0 saturated heterocycles. The molecule has 0 amide bonds. The Morgan fingerprint density at radius 3 is 2.36 bits per heavy atom. The number of benzene rings is 2. The lowest BCUT2D eigenvalue weighted by atomic mass is 10.2. The van der Waals surface area contributed by atoms with E-state index in [0.29, 0.717) is 5.75 Å². The molecule has 2 aromatic rings. The number of ether oxygens (including phenoxy) is 1. The van der Waals surface area contributed by atoms with E-state index in [1.54, 1.807) is 32.0 Å². The molecule has 0 aliphatic carbocycles. The van der Waals surface area contributed by atoms with Crippen LogP contribution in [0, 0.1) is 17.0 Å². The summed E-state index contributed by atoms with van der Waals surface area (Å²) in [5, 5.41) is 11.4. The minimum atomic E-state index is -3.78. The van der Waals surface area contributed by atoms with Gasteiger partial charge in [0, 0.05) is 19.2 Å². The van der Waals surface area contributed by atoms with E-state index in [4.69, 9.17) is 4.74 Å². The van der Waals surface area contributed by atoms with Crippen LogP contribution in [0.25, 0.3) is 0 Å². The van der Waals surface area contributed by atoms with Gasteiger partial charge in [0.1, 0.15) is 5.75 Å². The van der Waals surface area contributed by atoms with Crippen LogP contribution >= 0.6 is 0 Å². The van der Waals surface area contributed by atoms with Gasteiger partial charge >= 0.3 is 5.69 Å². The summed E-state index contributed by atoms with van der Waals surface area (Å²) in [6, 6.07) is 10.7. The van der Waals surface area contributed by atoms with Crippen LogP contribution in [-0.4, -0.2) is 30.7 Å². The van der Waals surface area contributed by atoms with E-state index in [1.165, 1.54) is 16.4 Å². The number of nitro benzene ring substituents is 1. The number of nitro groups is 1. The van der Waals surface area contributed by atoms with Crippen LogP contribution in [0.15, 0.2) is 47.4 Å². The zero-order valence-corrected chi connectivity index (χ0v) is 15.1. The van der Waals surface area contributed by atoms with Gasteiger partial charge in [0.05, 0.1) is 9.82 Å². The van der Waals surface area contributed by atoms with Gasteiger partial charge in [-0.3, -0.25) is 10.1 Å². The molecule has 2 aromatic carbocycles. The lowest BCUT2D eigenvalue weighted by molar-refractivity contribution is -0.385. The van der Waals surface area contributed by atoms with Crippen molar-refractivity contribution in [3.63, 3.8) is 0 Å². The summed E-state index contributed by atoms with van der Waals surface area (Å²) < 4.78 is 31.9. The molecule has 0 N–H and O–H groups in total. The first-order valence-corrected chi connectivity index (χ1v) is 9.26. The van der Waals surface area contributed by atoms with Crippen molar-refractivity contribution in [3.05, 3.63) is 58.1 Å². The zero-order valence-electron chi connectivity index (χ0n) is 14.3. The third-order valence-electron chi connectivity index (χ3n) is 3.69. The Morgan fingerprint density at radius 2 is 1.80 bits per heavy atom. The van der Waals surface area contributed by atoms with Crippen molar-refractivity contribution in [2.24, 2.45) is 0 Å². The Balaban J connectivity index is 2.46. The van der Waals surface area contributed by atoms with E-state index in [0.717, 1.165) is 11.6 Å². The highest BCUT2D eigenvalue weighted by atomic mass is 32.2. The summed E-state index contributed by atoms with van der Waals surface area (Å²) in [5.74, 6) is 0.441. The third-order valence-corrected chi connectivity index (χ3v) is 5.73. The minimum absolute atomic E-state index is 0.00547. The molecule has 25 heavy (non-hydrogen) atoms. The fourth-order valence-corrected chi connectivity index (χ4v) is 3.88. The topological polar surface area (TPSA) is 89.8 Å². The van der Waals surface area contributed by atoms with Crippen LogP contribution < -0.4 is 4.74 Å². The van der Waals surface area contributed by atoms with E-state index in [2.05, 4.69) is 0 Å². The van der Waals surface area contributed by atoms with Crippen molar-refractivity contribution in [1.82, 2.24) is 4.31 Å². The molecule has 8 heteroatoms. The van der Waals surface area contributed by atoms with Gasteiger partial charge in [-0.25, -0.2) is 8.42 Å². The predicted octanol–water partition coefficient (Wildman–Crippen LogP) is 3.73. The van der Waals surface area contributed by atoms with Crippen molar-refractivity contribution in [2.75, 3.05) is 13.1 Å². The SMILES string of the molecule is CCN(CC)S(=O)(=O)c1ccc(Oc2cccc(C)c2)c([N+](=O)[O-])c1. The molecule has 134 valence electrons. The van der Waals surface area contributed by atoms with E-state index >= 15 is 0 Å². The minimum Gasteiger partial charge on any atom is -0.450 e. The molecular formula is C17H20N2O5S. The molecule has 0 heterocycles. The number of aryl methyl sites for hydroxylation is 1. The highest BCUT2D eigenvalue weighted by Gasteiger charge is 2.26. The van der Waals surface area contributed by atoms with Crippen LogP contribution in [-0.2, 0) is 10.0 Å². The van der Waals surface area contributed by atoms with Gasteiger partial charge in [0.15, 0.2) is 0 Å². The van der Waals surface area contributed by atoms with E-state index in [9.17, 15) is 18.5 Å². The molecule has 0 unspecified atom stereocenters. The maximum absolute atomic E-state index is 12.5. The fraction of sp³-hybridized carbons (Fsp3) is 0.294. The van der Waals surface area contributed by atoms with Crippen LogP contribution in [0.2, 0.25) is 0 Å². The number of nitrogens with zero attached hydrogens (tertiary/aromatic N) is 2. The van der Waals surface area contributed by atoms with Crippen LogP contribution in [0.5, 0.6) is 11.5 Å². The third kappa shape index (κ3) is 4.15. The average Bonchev–Trinajstić information content (AvgIpc) is 2.55. The number of rotatable bonds is 7. The molecule has 7 nitrogen and oxygen atoms in total.